The smallest absolute Gasteiger partial charge is 0.234 e. The van der Waals surface area contributed by atoms with Gasteiger partial charge in [-0.05, 0) is 62.1 Å². The molecule has 0 bridgehead atoms. The van der Waals surface area contributed by atoms with Gasteiger partial charge in [-0.3, -0.25) is 9.59 Å². The fraction of sp³-hybridized carbons (Fsp3) is 0.296. The average molecular weight is 474 g/mol. The van der Waals surface area contributed by atoms with E-state index in [-0.39, 0.29) is 17.4 Å². The lowest BCUT2D eigenvalue weighted by Gasteiger charge is -2.33. The zero-order valence-corrected chi connectivity index (χ0v) is 20.1. The molecule has 0 unspecified atom stereocenters. The molecule has 0 radical (unpaired) electrons. The number of amides is 1. The number of allylic oxidation sites excluding steroid dienone is 3. The van der Waals surface area contributed by atoms with Gasteiger partial charge in [0.2, 0.25) is 5.91 Å². The number of aryl methyl sites for hydroxylation is 1. The minimum Gasteiger partial charge on any atom is -0.494 e. The Kier molecular flexibility index (Phi) is 7.39. The first kappa shape index (κ1) is 23.7. The number of ether oxygens (including phenoxy) is 1. The number of ketones is 1. The van der Waals surface area contributed by atoms with E-state index in [1.54, 1.807) is 12.1 Å². The maximum absolute atomic E-state index is 12.9. The number of hydrogen-bond acceptors (Lipinski definition) is 6. The Bertz CT molecular complexity index is 1210. The molecule has 1 amide bonds. The number of carbonyl (C=O) groups excluding carboxylic acids is 2. The Morgan fingerprint density at radius 2 is 1.97 bits per heavy atom. The van der Waals surface area contributed by atoms with Crippen LogP contribution in [-0.4, -0.2) is 24.1 Å². The van der Waals surface area contributed by atoms with Gasteiger partial charge in [0.1, 0.15) is 5.75 Å². The van der Waals surface area contributed by atoms with Gasteiger partial charge in [-0.25, -0.2) is 0 Å². The van der Waals surface area contributed by atoms with Crippen molar-refractivity contribution >= 4 is 29.1 Å². The second kappa shape index (κ2) is 10.6. The van der Waals surface area contributed by atoms with E-state index >= 15 is 0 Å². The first-order chi connectivity index (χ1) is 16.5. The van der Waals surface area contributed by atoms with Crippen molar-refractivity contribution in [2.24, 2.45) is 0 Å². The molecular weight excluding hydrogens is 446 g/mol. The predicted molar refractivity (Wildman–Crippen MR) is 134 cm³/mol. The molecule has 0 saturated heterocycles. The van der Waals surface area contributed by atoms with E-state index in [0.29, 0.717) is 34.9 Å². The highest BCUT2D eigenvalue weighted by Gasteiger charge is 2.37. The highest BCUT2D eigenvalue weighted by atomic mass is 32.2. The summed E-state index contributed by atoms with van der Waals surface area (Å²) in [5, 5.41) is 17.0. The van der Waals surface area contributed by atoms with E-state index in [1.807, 2.05) is 50.2 Å². The summed E-state index contributed by atoms with van der Waals surface area (Å²) < 4.78 is 5.43. The summed E-state index contributed by atoms with van der Waals surface area (Å²) >= 11 is 1.29. The van der Waals surface area contributed by atoms with Gasteiger partial charge >= 0.3 is 0 Å². The molecule has 34 heavy (non-hydrogen) atoms. The van der Waals surface area contributed by atoms with Crippen LogP contribution in [0.4, 0.5) is 5.69 Å². The minimum atomic E-state index is -0.410. The number of benzene rings is 2. The summed E-state index contributed by atoms with van der Waals surface area (Å²) in [6, 6.07) is 17.4. The zero-order chi connectivity index (χ0) is 24.1. The summed E-state index contributed by atoms with van der Waals surface area (Å²) in [6.45, 7) is 4.50. The summed E-state index contributed by atoms with van der Waals surface area (Å²) in [6.07, 6.45) is 2.03. The van der Waals surface area contributed by atoms with Crippen LogP contribution in [0.15, 0.2) is 70.4 Å². The van der Waals surface area contributed by atoms with E-state index in [0.717, 1.165) is 35.4 Å². The summed E-state index contributed by atoms with van der Waals surface area (Å²) in [4.78, 5) is 25.6. The Labute approximate surface area is 204 Å². The molecule has 2 aromatic carbocycles. The quantitative estimate of drug-likeness (QED) is 0.575. The normalized spacial score (nSPS) is 17.6. The maximum Gasteiger partial charge on any atom is 0.234 e. The second-order valence-electron chi connectivity index (χ2n) is 8.23. The highest BCUT2D eigenvalue weighted by molar-refractivity contribution is 8.03. The summed E-state index contributed by atoms with van der Waals surface area (Å²) in [5.74, 6) is 0.391. The number of hydrogen-bond donors (Lipinski definition) is 2. The SMILES string of the molecule is CCOc1ccc(NC(=O)CSC2=C(C#N)[C@H](c3ccccc3C)C3=C(CCCC3=O)N2)cc1. The second-order valence-corrected chi connectivity index (χ2v) is 9.22. The minimum absolute atomic E-state index is 0.0899. The van der Waals surface area contributed by atoms with E-state index in [9.17, 15) is 14.9 Å². The Morgan fingerprint density at radius 1 is 1.21 bits per heavy atom. The van der Waals surface area contributed by atoms with Crippen LogP contribution in [0, 0.1) is 18.3 Å². The maximum atomic E-state index is 12.9. The van der Waals surface area contributed by atoms with Crippen LogP contribution < -0.4 is 15.4 Å². The van der Waals surface area contributed by atoms with Gasteiger partial charge in [0.15, 0.2) is 5.78 Å². The number of anilines is 1. The van der Waals surface area contributed by atoms with Crippen LogP contribution >= 0.6 is 11.8 Å². The van der Waals surface area contributed by atoms with Crippen molar-refractivity contribution in [1.82, 2.24) is 5.32 Å². The molecular formula is C27H27N3O3S. The molecule has 0 aromatic heterocycles. The molecule has 1 heterocycles. The Hall–Kier alpha value is -3.50. The van der Waals surface area contributed by atoms with E-state index in [2.05, 4.69) is 16.7 Å². The molecule has 0 fully saturated rings. The van der Waals surface area contributed by atoms with Gasteiger partial charge in [-0.2, -0.15) is 5.26 Å². The molecule has 1 aliphatic carbocycles. The van der Waals surface area contributed by atoms with Crippen LogP contribution in [0.5, 0.6) is 5.75 Å². The molecule has 174 valence electrons. The first-order valence-electron chi connectivity index (χ1n) is 11.4. The van der Waals surface area contributed by atoms with Gasteiger partial charge in [0.25, 0.3) is 0 Å². The molecule has 0 spiro atoms. The van der Waals surface area contributed by atoms with Gasteiger partial charge in [-0.1, -0.05) is 36.0 Å². The van der Waals surface area contributed by atoms with Crippen molar-refractivity contribution in [3.05, 3.63) is 81.5 Å². The monoisotopic (exact) mass is 473 g/mol. The van der Waals surface area contributed by atoms with Crippen LogP contribution in [-0.2, 0) is 9.59 Å². The molecule has 2 aromatic rings. The molecule has 7 heteroatoms. The van der Waals surface area contributed by atoms with Crippen molar-refractivity contribution in [3.63, 3.8) is 0 Å². The molecule has 2 N–H and O–H groups in total. The van der Waals surface area contributed by atoms with Gasteiger partial charge < -0.3 is 15.4 Å². The van der Waals surface area contributed by atoms with Gasteiger partial charge in [0.05, 0.1) is 34.9 Å². The van der Waals surface area contributed by atoms with Crippen LogP contribution in [0.3, 0.4) is 0 Å². The third-order valence-corrected chi connectivity index (χ3v) is 6.98. The van der Waals surface area contributed by atoms with Crippen LogP contribution in [0.1, 0.15) is 43.2 Å². The number of nitriles is 1. The molecule has 6 nitrogen and oxygen atoms in total. The van der Waals surface area contributed by atoms with E-state index < -0.39 is 5.92 Å². The standard InChI is InChI=1S/C27H27N3O3S/c1-3-33-19-13-11-18(12-14-19)29-24(32)16-34-27-21(15-28)25(20-8-5-4-7-17(20)2)26-22(30-27)9-6-10-23(26)31/h4-5,7-8,11-14,25,30H,3,6,9-10,16H2,1-2H3,(H,29,32)/t25-/m0/s1. The van der Waals surface area contributed by atoms with Gasteiger partial charge in [0, 0.05) is 23.4 Å². The van der Waals surface area contributed by atoms with E-state index in [1.165, 1.54) is 11.8 Å². The Balaban J connectivity index is 1.56. The summed E-state index contributed by atoms with van der Waals surface area (Å²) in [5.41, 5.74) is 4.73. The molecule has 1 atom stereocenters. The fourth-order valence-corrected chi connectivity index (χ4v) is 5.26. The van der Waals surface area contributed by atoms with Crippen molar-refractivity contribution in [2.75, 3.05) is 17.7 Å². The zero-order valence-electron chi connectivity index (χ0n) is 19.3. The first-order valence-corrected chi connectivity index (χ1v) is 12.4. The highest BCUT2D eigenvalue weighted by Crippen LogP contribution is 2.44. The van der Waals surface area contributed by atoms with Crippen molar-refractivity contribution in [1.29, 1.82) is 5.26 Å². The largest absolute Gasteiger partial charge is 0.494 e. The number of rotatable bonds is 7. The third kappa shape index (κ3) is 5.02. The van der Waals surface area contributed by atoms with Gasteiger partial charge in [-0.15, -0.1) is 0 Å². The summed E-state index contributed by atoms with van der Waals surface area (Å²) in [7, 11) is 0. The number of nitrogens with one attached hydrogen (secondary N) is 2. The van der Waals surface area contributed by atoms with Crippen molar-refractivity contribution in [3.8, 4) is 11.8 Å². The lowest BCUT2D eigenvalue weighted by atomic mass is 9.76. The molecule has 1 aliphatic heterocycles. The van der Waals surface area contributed by atoms with Crippen LogP contribution in [0.25, 0.3) is 0 Å². The van der Waals surface area contributed by atoms with Crippen LogP contribution in [0.2, 0.25) is 0 Å². The lowest BCUT2D eigenvalue weighted by molar-refractivity contribution is -0.116. The topological polar surface area (TPSA) is 91.2 Å². The molecule has 4 rings (SSSR count). The lowest BCUT2D eigenvalue weighted by Crippen LogP contribution is -2.32. The fourth-order valence-electron chi connectivity index (χ4n) is 4.40. The molecule has 0 saturated carbocycles. The number of nitrogens with zero attached hydrogens (tertiary/aromatic N) is 1. The average Bonchev–Trinajstić information content (AvgIpc) is 2.84. The van der Waals surface area contributed by atoms with Crippen molar-refractivity contribution < 1.29 is 14.3 Å². The number of dihydropyridines is 1. The Morgan fingerprint density at radius 3 is 2.68 bits per heavy atom. The number of thioether (sulfide) groups is 1. The predicted octanol–water partition coefficient (Wildman–Crippen LogP) is 5.19. The van der Waals surface area contributed by atoms with E-state index in [4.69, 9.17) is 4.74 Å². The third-order valence-electron chi connectivity index (χ3n) is 5.96. The number of carbonyl (C=O) groups is 2. The number of Topliss-reactive ketones (excluding diaryl/α,β-unsaturated/α-hetero) is 1. The molecule has 2 aliphatic rings. The van der Waals surface area contributed by atoms with Crippen molar-refractivity contribution in [2.45, 2.75) is 39.0 Å².